The SMILES string of the molecule is CCCCCCCCCCCCN(CCCCO)CCCCCCCCCC(=O)OCCOC(=O)CCCCCCCCCN(CCCCO)CCCCCCCCCCCC. The lowest BCUT2D eigenvalue weighted by molar-refractivity contribution is -0.152. The molecule has 0 spiro atoms. The van der Waals surface area contributed by atoms with Crippen LogP contribution in [0, 0.1) is 0 Å². The van der Waals surface area contributed by atoms with Gasteiger partial charge in [0.25, 0.3) is 0 Å². The van der Waals surface area contributed by atoms with Gasteiger partial charge in [0.2, 0.25) is 0 Å². The molecule has 8 nitrogen and oxygen atoms in total. The smallest absolute Gasteiger partial charge is 0.305 e. The summed E-state index contributed by atoms with van der Waals surface area (Å²) >= 11 is 0. The fourth-order valence-corrected chi connectivity index (χ4v) is 8.64. The molecular formula is C54H108N2O6. The minimum absolute atomic E-state index is 0.152. The summed E-state index contributed by atoms with van der Waals surface area (Å²) in [6, 6.07) is 0. The Balaban J connectivity index is 3.73. The van der Waals surface area contributed by atoms with Crippen molar-refractivity contribution in [1.29, 1.82) is 0 Å². The number of carbonyl (C=O) groups is 2. The number of ether oxygens (including phenoxy) is 2. The molecule has 0 heterocycles. The second kappa shape index (κ2) is 52.4. The van der Waals surface area contributed by atoms with E-state index in [9.17, 15) is 19.8 Å². The zero-order chi connectivity index (χ0) is 45.1. The summed E-state index contributed by atoms with van der Waals surface area (Å²) in [6.45, 7) is 12.5. The topological polar surface area (TPSA) is 99.5 Å². The molecule has 0 fully saturated rings. The average molecular weight is 881 g/mol. The summed E-state index contributed by atoms with van der Waals surface area (Å²) in [4.78, 5) is 29.6. The first-order chi connectivity index (χ1) is 30.6. The molecule has 370 valence electrons. The third-order valence-corrected chi connectivity index (χ3v) is 12.7. The summed E-state index contributed by atoms with van der Waals surface area (Å²) < 4.78 is 10.6. The highest BCUT2D eigenvalue weighted by Crippen LogP contribution is 2.15. The van der Waals surface area contributed by atoms with Gasteiger partial charge in [0.1, 0.15) is 13.2 Å². The van der Waals surface area contributed by atoms with E-state index in [1.54, 1.807) is 0 Å². The summed E-state index contributed by atoms with van der Waals surface area (Å²) in [5, 5.41) is 18.5. The van der Waals surface area contributed by atoms with Crippen LogP contribution in [0.3, 0.4) is 0 Å². The predicted molar refractivity (Wildman–Crippen MR) is 265 cm³/mol. The van der Waals surface area contributed by atoms with Gasteiger partial charge in [-0.2, -0.15) is 0 Å². The van der Waals surface area contributed by atoms with Crippen LogP contribution in [0.15, 0.2) is 0 Å². The van der Waals surface area contributed by atoms with Crippen molar-refractivity contribution in [1.82, 2.24) is 9.80 Å². The Morgan fingerprint density at radius 1 is 0.306 bits per heavy atom. The van der Waals surface area contributed by atoms with Crippen LogP contribution in [0.25, 0.3) is 0 Å². The maximum atomic E-state index is 12.1. The maximum absolute atomic E-state index is 12.1. The zero-order valence-corrected chi connectivity index (χ0v) is 41.8. The standard InChI is InChI=1S/C54H108N2O6/c1-3-5-7-9-11-13-15-21-27-33-43-55(47-37-39-49-57)45-35-29-23-17-19-25-31-41-53(59)61-51-52-62-54(60)42-32-26-20-18-24-30-36-46-56(48-38-40-50-58)44-34-28-22-16-14-12-10-8-6-4-2/h57-58H,3-52H2,1-2H3. The van der Waals surface area contributed by atoms with Gasteiger partial charge in [0.05, 0.1) is 0 Å². The minimum Gasteiger partial charge on any atom is -0.462 e. The lowest BCUT2D eigenvalue weighted by Gasteiger charge is -2.22. The molecule has 0 aliphatic carbocycles. The summed E-state index contributed by atoms with van der Waals surface area (Å²) in [6.07, 6.45) is 48.6. The molecule has 0 aromatic rings. The molecule has 0 radical (unpaired) electrons. The highest BCUT2D eigenvalue weighted by molar-refractivity contribution is 5.70. The summed E-state index contributed by atoms with van der Waals surface area (Å²) in [5.74, 6) is -0.374. The Hall–Kier alpha value is -1.22. The van der Waals surface area contributed by atoms with Gasteiger partial charge < -0.3 is 29.5 Å². The van der Waals surface area contributed by atoms with Crippen molar-refractivity contribution in [2.75, 3.05) is 65.7 Å². The Morgan fingerprint density at radius 2 is 0.516 bits per heavy atom. The van der Waals surface area contributed by atoms with Gasteiger partial charge in [0.15, 0.2) is 0 Å². The Kier molecular flexibility index (Phi) is 51.4. The fourth-order valence-electron chi connectivity index (χ4n) is 8.64. The monoisotopic (exact) mass is 881 g/mol. The van der Waals surface area contributed by atoms with Gasteiger partial charge in [-0.25, -0.2) is 0 Å². The lowest BCUT2D eigenvalue weighted by Crippen LogP contribution is -2.27. The molecule has 0 rings (SSSR count). The van der Waals surface area contributed by atoms with Gasteiger partial charge >= 0.3 is 11.9 Å². The largest absolute Gasteiger partial charge is 0.462 e. The molecule has 0 atom stereocenters. The molecule has 0 aliphatic heterocycles. The number of aliphatic hydroxyl groups excluding tert-OH is 2. The van der Waals surface area contributed by atoms with Crippen LogP contribution in [0.5, 0.6) is 0 Å². The fraction of sp³-hybridized carbons (Fsp3) is 0.963. The van der Waals surface area contributed by atoms with E-state index < -0.39 is 0 Å². The van der Waals surface area contributed by atoms with Crippen molar-refractivity contribution in [3.8, 4) is 0 Å². The third-order valence-electron chi connectivity index (χ3n) is 12.7. The molecule has 0 bridgehead atoms. The van der Waals surface area contributed by atoms with Gasteiger partial charge in [-0.05, 0) is 103 Å². The molecule has 0 saturated heterocycles. The number of hydrogen-bond donors (Lipinski definition) is 2. The number of nitrogens with zero attached hydrogens (tertiary/aromatic N) is 2. The van der Waals surface area contributed by atoms with Crippen molar-refractivity contribution in [3.05, 3.63) is 0 Å². The number of esters is 2. The second-order valence-electron chi connectivity index (χ2n) is 18.8. The Morgan fingerprint density at radius 3 is 0.758 bits per heavy atom. The Bertz CT molecular complexity index is 821. The van der Waals surface area contributed by atoms with Crippen molar-refractivity contribution in [2.45, 2.75) is 271 Å². The predicted octanol–water partition coefficient (Wildman–Crippen LogP) is 14.3. The first kappa shape index (κ1) is 60.8. The molecule has 0 amide bonds. The number of rotatable bonds is 53. The van der Waals surface area contributed by atoms with E-state index in [4.69, 9.17) is 9.47 Å². The van der Waals surface area contributed by atoms with E-state index in [-0.39, 0.29) is 25.2 Å². The average Bonchev–Trinajstić information content (AvgIpc) is 3.27. The highest BCUT2D eigenvalue weighted by Gasteiger charge is 2.09. The zero-order valence-electron chi connectivity index (χ0n) is 41.8. The second-order valence-corrected chi connectivity index (χ2v) is 18.8. The van der Waals surface area contributed by atoms with E-state index >= 15 is 0 Å². The first-order valence-electron chi connectivity index (χ1n) is 27.5. The van der Waals surface area contributed by atoms with Crippen LogP contribution in [-0.4, -0.2) is 97.6 Å². The van der Waals surface area contributed by atoms with Crippen molar-refractivity contribution < 1.29 is 29.3 Å². The van der Waals surface area contributed by atoms with Crippen molar-refractivity contribution in [2.24, 2.45) is 0 Å². The van der Waals surface area contributed by atoms with Gasteiger partial charge in [-0.1, -0.05) is 194 Å². The van der Waals surface area contributed by atoms with Gasteiger partial charge in [0, 0.05) is 26.1 Å². The number of unbranched alkanes of at least 4 members (excludes halogenated alkanes) is 32. The lowest BCUT2D eigenvalue weighted by atomic mass is 10.1. The van der Waals surface area contributed by atoms with E-state index in [0.717, 1.165) is 77.3 Å². The summed E-state index contributed by atoms with van der Waals surface area (Å²) in [5.41, 5.74) is 0. The molecular weight excluding hydrogens is 773 g/mol. The summed E-state index contributed by atoms with van der Waals surface area (Å²) in [7, 11) is 0. The molecule has 0 aromatic carbocycles. The number of aliphatic hydroxyl groups is 2. The molecule has 0 saturated carbocycles. The van der Waals surface area contributed by atoms with Gasteiger partial charge in [-0.3, -0.25) is 9.59 Å². The van der Waals surface area contributed by atoms with E-state index in [1.165, 1.54) is 206 Å². The molecule has 0 aromatic heterocycles. The normalized spacial score (nSPS) is 11.6. The van der Waals surface area contributed by atoms with E-state index in [2.05, 4.69) is 23.6 Å². The van der Waals surface area contributed by atoms with Crippen LogP contribution in [-0.2, 0) is 19.1 Å². The van der Waals surface area contributed by atoms with Gasteiger partial charge in [-0.15, -0.1) is 0 Å². The minimum atomic E-state index is -0.187. The quantitative estimate of drug-likeness (QED) is 0.0460. The molecule has 0 aliphatic rings. The van der Waals surface area contributed by atoms with Crippen LogP contribution in [0.2, 0.25) is 0 Å². The molecule has 2 N–H and O–H groups in total. The van der Waals surface area contributed by atoms with Crippen molar-refractivity contribution in [3.63, 3.8) is 0 Å². The van der Waals surface area contributed by atoms with Crippen molar-refractivity contribution >= 4 is 11.9 Å². The highest BCUT2D eigenvalue weighted by atomic mass is 16.6. The van der Waals surface area contributed by atoms with E-state index in [0.29, 0.717) is 26.1 Å². The molecule has 8 heteroatoms. The third kappa shape index (κ3) is 48.2. The molecule has 0 unspecified atom stereocenters. The number of carbonyl (C=O) groups excluding carboxylic acids is 2. The maximum Gasteiger partial charge on any atom is 0.305 e. The van der Waals surface area contributed by atoms with Crippen LogP contribution in [0.4, 0.5) is 0 Å². The van der Waals surface area contributed by atoms with E-state index in [1.807, 2.05) is 0 Å². The van der Waals surface area contributed by atoms with Crippen LogP contribution in [0.1, 0.15) is 271 Å². The van der Waals surface area contributed by atoms with Crippen LogP contribution < -0.4 is 0 Å². The first-order valence-corrected chi connectivity index (χ1v) is 27.5. The Labute approximate surface area is 386 Å². The number of hydrogen-bond acceptors (Lipinski definition) is 8. The molecule has 62 heavy (non-hydrogen) atoms. The van der Waals surface area contributed by atoms with Crippen LogP contribution >= 0.6 is 0 Å².